The van der Waals surface area contributed by atoms with Crippen molar-refractivity contribution in [1.29, 1.82) is 0 Å². The zero-order valence-electron chi connectivity index (χ0n) is 13.2. The third kappa shape index (κ3) is 3.31. The summed E-state index contributed by atoms with van der Waals surface area (Å²) in [4.78, 5) is 10.2. The van der Waals surface area contributed by atoms with E-state index in [1.165, 1.54) is 6.07 Å². The predicted octanol–water partition coefficient (Wildman–Crippen LogP) is 5.05. The van der Waals surface area contributed by atoms with Crippen LogP contribution in [0.3, 0.4) is 0 Å². The molecule has 0 amide bonds. The first-order valence-corrected chi connectivity index (χ1v) is 7.46. The van der Waals surface area contributed by atoms with Crippen LogP contribution in [0, 0.1) is 10.1 Å². The summed E-state index contributed by atoms with van der Waals surface area (Å²) >= 11 is 0. The number of nitro groups is 1. The number of rotatable bonds is 4. The van der Waals surface area contributed by atoms with Gasteiger partial charge in [0.2, 0.25) is 5.75 Å². The Bertz CT molecular complexity index is 986. The molecule has 1 N–H and O–H groups in total. The second-order valence-electron chi connectivity index (χ2n) is 5.46. The van der Waals surface area contributed by atoms with Crippen molar-refractivity contribution < 1.29 is 27.9 Å². The molecule has 0 fully saturated rings. The molecule has 0 heterocycles. The minimum Gasteiger partial charge on any atom is -0.450 e. The van der Waals surface area contributed by atoms with Crippen LogP contribution in [-0.2, 0) is 12.8 Å². The lowest BCUT2D eigenvalue weighted by Gasteiger charge is -2.13. The lowest BCUT2D eigenvalue weighted by molar-refractivity contribution is -0.385. The highest BCUT2D eigenvalue weighted by molar-refractivity contribution is 5.87. The average molecular weight is 363 g/mol. The van der Waals surface area contributed by atoms with Crippen molar-refractivity contribution in [2.75, 3.05) is 0 Å². The van der Waals surface area contributed by atoms with Crippen molar-refractivity contribution in [3.05, 3.63) is 75.8 Å². The fourth-order valence-corrected chi connectivity index (χ4v) is 2.62. The number of alkyl halides is 3. The number of benzene rings is 3. The standard InChI is InChI=1S/C18H12F3NO4/c19-18(20,21)12-6-8-17(15(9-12)22(24)25)26-16-7-5-11-3-1-2-4-13(11)14(16)10-23/h1-9,23H,10H2. The van der Waals surface area contributed by atoms with Crippen molar-refractivity contribution in [2.24, 2.45) is 0 Å². The molecule has 0 aromatic heterocycles. The monoisotopic (exact) mass is 363 g/mol. The maximum Gasteiger partial charge on any atom is 0.416 e. The molecule has 3 aromatic rings. The number of nitrogens with zero attached hydrogens (tertiary/aromatic N) is 1. The number of aliphatic hydroxyl groups excluding tert-OH is 1. The van der Waals surface area contributed by atoms with E-state index in [2.05, 4.69) is 0 Å². The lowest BCUT2D eigenvalue weighted by atomic mass is 10.0. The fourth-order valence-electron chi connectivity index (χ4n) is 2.62. The molecule has 3 aromatic carbocycles. The van der Waals surface area contributed by atoms with Gasteiger partial charge >= 0.3 is 11.9 Å². The van der Waals surface area contributed by atoms with Crippen LogP contribution in [0.15, 0.2) is 54.6 Å². The Kier molecular flexibility index (Phi) is 4.52. The second kappa shape index (κ2) is 6.64. The van der Waals surface area contributed by atoms with E-state index >= 15 is 0 Å². The van der Waals surface area contributed by atoms with E-state index in [1.807, 2.05) is 12.1 Å². The van der Waals surface area contributed by atoms with Crippen LogP contribution in [0.1, 0.15) is 11.1 Å². The van der Waals surface area contributed by atoms with E-state index in [1.54, 1.807) is 18.2 Å². The number of ether oxygens (including phenoxy) is 1. The second-order valence-corrected chi connectivity index (χ2v) is 5.46. The molecular weight excluding hydrogens is 351 g/mol. The molecule has 0 aliphatic heterocycles. The topological polar surface area (TPSA) is 72.6 Å². The molecule has 0 atom stereocenters. The summed E-state index contributed by atoms with van der Waals surface area (Å²) in [5.74, 6) is -0.206. The van der Waals surface area contributed by atoms with Crippen LogP contribution >= 0.6 is 0 Å². The Balaban J connectivity index is 2.09. The molecule has 26 heavy (non-hydrogen) atoms. The maximum atomic E-state index is 12.8. The zero-order valence-corrected chi connectivity index (χ0v) is 13.2. The first-order valence-electron chi connectivity index (χ1n) is 7.46. The molecule has 3 rings (SSSR count). The fraction of sp³-hybridized carbons (Fsp3) is 0.111. The number of hydrogen-bond acceptors (Lipinski definition) is 4. The highest BCUT2D eigenvalue weighted by Crippen LogP contribution is 2.39. The maximum absolute atomic E-state index is 12.8. The summed E-state index contributed by atoms with van der Waals surface area (Å²) in [6, 6.07) is 12.4. The smallest absolute Gasteiger partial charge is 0.416 e. The number of fused-ring (bicyclic) bond motifs is 1. The van der Waals surface area contributed by atoms with E-state index in [9.17, 15) is 28.4 Å². The van der Waals surface area contributed by atoms with Gasteiger partial charge in [0, 0.05) is 11.6 Å². The zero-order chi connectivity index (χ0) is 18.9. The van der Waals surface area contributed by atoms with Gasteiger partial charge in [-0.25, -0.2) is 0 Å². The van der Waals surface area contributed by atoms with Gasteiger partial charge in [0.05, 0.1) is 17.1 Å². The van der Waals surface area contributed by atoms with E-state index < -0.39 is 29.0 Å². The number of aliphatic hydroxyl groups is 1. The van der Waals surface area contributed by atoms with Gasteiger partial charge in [0.25, 0.3) is 0 Å². The van der Waals surface area contributed by atoms with Crippen LogP contribution in [0.4, 0.5) is 18.9 Å². The third-order valence-corrected chi connectivity index (χ3v) is 3.86. The van der Waals surface area contributed by atoms with E-state index in [0.29, 0.717) is 23.1 Å². The normalized spacial score (nSPS) is 11.5. The van der Waals surface area contributed by atoms with E-state index in [0.717, 1.165) is 11.5 Å². The highest BCUT2D eigenvalue weighted by atomic mass is 19.4. The van der Waals surface area contributed by atoms with E-state index in [4.69, 9.17) is 4.74 Å². The summed E-state index contributed by atoms with van der Waals surface area (Å²) in [5.41, 5.74) is -1.56. The van der Waals surface area contributed by atoms with Crippen LogP contribution < -0.4 is 4.74 Å². The van der Waals surface area contributed by atoms with Gasteiger partial charge in [-0.3, -0.25) is 10.1 Å². The molecule has 0 saturated heterocycles. The molecule has 0 bridgehead atoms. The number of halogens is 3. The van der Waals surface area contributed by atoms with E-state index in [-0.39, 0.29) is 11.5 Å². The van der Waals surface area contributed by atoms with Crippen LogP contribution in [-0.4, -0.2) is 10.0 Å². The Hall–Kier alpha value is -3.13. The average Bonchev–Trinajstić information content (AvgIpc) is 2.60. The molecule has 134 valence electrons. The van der Waals surface area contributed by atoms with Crippen LogP contribution in [0.5, 0.6) is 11.5 Å². The molecule has 0 aliphatic rings. The summed E-state index contributed by atoms with van der Waals surface area (Å²) in [6.45, 7) is -0.398. The molecule has 5 nitrogen and oxygen atoms in total. The van der Waals surface area contributed by atoms with Gasteiger partial charge in [-0.1, -0.05) is 30.3 Å². The number of hydrogen-bond donors (Lipinski definition) is 1. The Labute approximate surface area is 145 Å². The molecule has 0 radical (unpaired) electrons. The summed E-state index contributed by atoms with van der Waals surface area (Å²) in [5, 5.41) is 22.3. The molecular formula is C18H12F3NO4. The first-order chi connectivity index (χ1) is 12.3. The first kappa shape index (κ1) is 17.7. The van der Waals surface area contributed by atoms with Crippen molar-refractivity contribution in [3.63, 3.8) is 0 Å². The summed E-state index contributed by atoms with van der Waals surface area (Å²) in [7, 11) is 0. The van der Waals surface area contributed by atoms with Crippen LogP contribution in [0.25, 0.3) is 10.8 Å². The summed E-state index contributed by atoms with van der Waals surface area (Å²) in [6.07, 6.45) is -4.71. The van der Waals surface area contributed by atoms with Crippen molar-refractivity contribution in [2.45, 2.75) is 12.8 Å². The van der Waals surface area contributed by atoms with Crippen LogP contribution in [0.2, 0.25) is 0 Å². The SMILES string of the molecule is O=[N+]([O-])c1cc(C(F)(F)F)ccc1Oc1ccc2ccccc2c1CO. The van der Waals surface area contributed by atoms with Crippen molar-refractivity contribution in [1.82, 2.24) is 0 Å². The van der Waals surface area contributed by atoms with Gasteiger partial charge in [-0.05, 0) is 29.0 Å². The molecule has 0 spiro atoms. The quantitative estimate of drug-likeness (QED) is 0.520. The van der Waals surface area contributed by atoms with Gasteiger partial charge in [0.1, 0.15) is 5.75 Å². The molecule has 0 saturated carbocycles. The lowest BCUT2D eigenvalue weighted by Crippen LogP contribution is -2.06. The third-order valence-electron chi connectivity index (χ3n) is 3.86. The van der Waals surface area contributed by atoms with Gasteiger partial charge in [0.15, 0.2) is 0 Å². The largest absolute Gasteiger partial charge is 0.450 e. The van der Waals surface area contributed by atoms with Gasteiger partial charge in [-0.2, -0.15) is 13.2 Å². The Morgan fingerprint density at radius 2 is 1.73 bits per heavy atom. The minimum absolute atomic E-state index is 0.133. The minimum atomic E-state index is -4.71. The molecule has 0 aliphatic carbocycles. The highest BCUT2D eigenvalue weighted by Gasteiger charge is 2.33. The Morgan fingerprint density at radius 1 is 1.04 bits per heavy atom. The Morgan fingerprint density at radius 3 is 2.38 bits per heavy atom. The van der Waals surface area contributed by atoms with Crippen molar-refractivity contribution >= 4 is 16.5 Å². The predicted molar refractivity (Wildman–Crippen MR) is 88.0 cm³/mol. The molecule has 8 heteroatoms. The summed E-state index contributed by atoms with van der Waals surface area (Å²) < 4.78 is 43.9. The molecule has 0 unspecified atom stereocenters. The van der Waals surface area contributed by atoms with Gasteiger partial charge in [-0.15, -0.1) is 0 Å². The number of nitro benzene ring substituents is 1. The van der Waals surface area contributed by atoms with Gasteiger partial charge < -0.3 is 9.84 Å². The van der Waals surface area contributed by atoms with Crippen molar-refractivity contribution in [3.8, 4) is 11.5 Å².